The van der Waals surface area contributed by atoms with Crippen LogP contribution >= 0.6 is 27.3 Å². The molecule has 0 saturated carbocycles. The summed E-state index contributed by atoms with van der Waals surface area (Å²) >= 11 is 5.25. The summed E-state index contributed by atoms with van der Waals surface area (Å²) in [4.78, 5) is 16.7. The average Bonchev–Trinajstić information content (AvgIpc) is 3.36. The zero-order valence-corrected chi connectivity index (χ0v) is 18.9. The second-order valence-corrected chi connectivity index (χ2v) is 9.47. The van der Waals surface area contributed by atoms with Crippen molar-refractivity contribution in [3.05, 3.63) is 85.2 Å². The fourth-order valence-corrected chi connectivity index (χ4v) is 5.01. The molecule has 0 amide bonds. The normalized spacial score (nSPS) is 16.9. The fraction of sp³-hybridized carbons (Fsp3) is 0.208. The quantitative estimate of drug-likeness (QED) is 0.439. The predicted molar refractivity (Wildman–Crippen MR) is 122 cm³/mol. The minimum atomic E-state index is -0.0685. The van der Waals surface area contributed by atoms with Crippen molar-refractivity contribution in [2.45, 2.75) is 19.9 Å². The third kappa shape index (κ3) is 3.71. The molecule has 0 aliphatic carbocycles. The number of benzene rings is 2. The maximum Gasteiger partial charge on any atom is 0.232 e. The number of fused-ring (bicyclic) bond motifs is 3. The SMILES string of the molecule is Cc1cc2c(c3c1C(=O)/C(=C/c1cccc(Br)c1)O3)CN(CCc1cccs1)CO2. The van der Waals surface area contributed by atoms with Gasteiger partial charge in [-0.05, 0) is 60.2 Å². The highest BCUT2D eigenvalue weighted by molar-refractivity contribution is 9.10. The number of nitrogens with zero attached hydrogens (tertiary/aromatic N) is 1. The molecular weight excluding hydrogens is 462 g/mol. The first-order valence-electron chi connectivity index (χ1n) is 9.82. The van der Waals surface area contributed by atoms with E-state index in [1.165, 1.54) is 4.88 Å². The Labute approximate surface area is 187 Å². The summed E-state index contributed by atoms with van der Waals surface area (Å²) in [6, 6.07) is 14.0. The van der Waals surface area contributed by atoms with Gasteiger partial charge in [-0.3, -0.25) is 9.69 Å². The van der Waals surface area contributed by atoms with Crippen LogP contribution in [0.4, 0.5) is 0 Å². The summed E-state index contributed by atoms with van der Waals surface area (Å²) in [5.74, 6) is 1.75. The molecule has 2 aliphatic rings. The van der Waals surface area contributed by atoms with Gasteiger partial charge in [0.1, 0.15) is 18.2 Å². The summed E-state index contributed by atoms with van der Waals surface area (Å²) in [5.41, 5.74) is 3.41. The lowest BCUT2D eigenvalue weighted by Crippen LogP contribution is -2.33. The Morgan fingerprint density at radius 1 is 1.23 bits per heavy atom. The van der Waals surface area contributed by atoms with E-state index in [0.717, 1.165) is 39.9 Å². The van der Waals surface area contributed by atoms with Crippen molar-refractivity contribution in [1.82, 2.24) is 4.90 Å². The van der Waals surface area contributed by atoms with E-state index >= 15 is 0 Å². The Hall–Kier alpha value is -2.41. The van der Waals surface area contributed by atoms with Crippen LogP contribution in [-0.4, -0.2) is 24.0 Å². The lowest BCUT2D eigenvalue weighted by Gasteiger charge is -2.30. The first-order chi connectivity index (χ1) is 14.6. The van der Waals surface area contributed by atoms with Gasteiger partial charge in [0.25, 0.3) is 0 Å². The van der Waals surface area contributed by atoms with Crippen LogP contribution in [0.3, 0.4) is 0 Å². The highest BCUT2D eigenvalue weighted by Gasteiger charge is 2.35. The molecule has 3 aromatic rings. The van der Waals surface area contributed by atoms with E-state index in [-0.39, 0.29) is 5.78 Å². The highest BCUT2D eigenvalue weighted by Crippen LogP contribution is 2.44. The number of allylic oxidation sites excluding steroid dienone is 1. The summed E-state index contributed by atoms with van der Waals surface area (Å²) in [5, 5.41) is 2.10. The molecule has 0 fully saturated rings. The van der Waals surface area contributed by atoms with Crippen LogP contribution in [0.15, 0.2) is 58.1 Å². The molecule has 152 valence electrons. The summed E-state index contributed by atoms with van der Waals surface area (Å²) in [6.45, 7) is 4.10. The second-order valence-electron chi connectivity index (χ2n) is 7.52. The molecular formula is C24H20BrNO3S. The van der Waals surface area contributed by atoms with Crippen LogP contribution in [0.25, 0.3) is 6.08 Å². The van der Waals surface area contributed by atoms with Crippen LogP contribution in [0.5, 0.6) is 11.5 Å². The van der Waals surface area contributed by atoms with Gasteiger partial charge in [-0.1, -0.05) is 34.1 Å². The molecule has 0 unspecified atom stereocenters. The monoisotopic (exact) mass is 481 g/mol. The molecule has 4 nitrogen and oxygen atoms in total. The van der Waals surface area contributed by atoms with Gasteiger partial charge >= 0.3 is 0 Å². The third-order valence-electron chi connectivity index (χ3n) is 5.39. The Morgan fingerprint density at radius 2 is 2.13 bits per heavy atom. The number of halogens is 1. The molecule has 2 aromatic carbocycles. The van der Waals surface area contributed by atoms with Crippen molar-refractivity contribution in [3.8, 4) is 11.5 Å². The standard InChI is InChI=1S/C24H20BrNO3S/c1-15-10-20-19(13-26(14-28-20)8-7-18-6-3-9-30-18)24-22(15)23(27)21(29-24)12-16-4-2-5-17(25)11-16/h2-6,9-12H,7-8,13-14H2,1H3/b21-12-. The molecule has 0 radical (unpaired) electrons. The average molecular weight is 482 g/mol. The first-order valence-corrected chi connectivity index (χ1v) is 11.5. The lowest BCUT2D eigenvalue weighted by molar-refractivity contribution is 0.0951. The number of ether oxygens (including phenoxy) is 2. The van der Waals surface area contributed by atoms with Gasteiger partial charge in [-0.15, -0.1) is 11.3 Å². The van der Waals surface area contributed by atoms with Crippen LogP contribution in [-0.2, 0) is 13.0 Å². The van der Waals surface area contributed by atoms with Crippen molar-refractivity contribution in [2.75, 3.05) is 13.3 Å². The van der Waals surface area contributed by atoms with Crippen LogP contribution in [0.2, 0.25) is 0 Å². The molecule has 6 heteroatoms. The van der Waals surface area contributed by atoms with Crippen LogP contribution in [0, 0.1) is 6.92 Å². The van der Waals surface area contributed by atoms with Gasteiger partial charge in [0.15, 0.2) is 5.76 Å². The van der Waals surface area contributed by atoms with Crippen molar-refractivity contribution in [3.63, 3.8) is 0 Å². The number of hydrogen-bond donors (Lipinski definition) is 0. The smallest absolute Gasteiger partial charge is 0.232 e. The zero-order valence-electron chi connectivity index (χ0n) is 16.5. The topological polar surface area (TPSA) is 38.8 Å². The van der Waals surface area contributed by atoms with Crippen molar-refractivity contribution in [1.29, 1.82) is 0 Å². The van der Waals surface area contributed by atoms with E-state index in [1.807, 2.05) is 37.3 Å². The third-order valence-corrected chi connectivity index (χ3v) is 6.82. The number of carbonyl (C=O) groups is 1. The zero-order chi connectivity index (χ0) is 20.7. The van der Waals surface area contributed by atoms with Gasteiger partial charge in [-0.25, -0.2) is 0 Å². The molecule has 5 rings (SSSR count). The number of thiophene rings is 1. The summed E-state index contributed by atoms with van der Waals surface area (Å²) < 4.78 is 13.1. The van der Waals surface area contributed by atoms with Gasteiger partial charge in [-0.2, -0.15) is 0 Å². The molecule has 0 bridgehead atoms. The predicted octanol–water partition coefficient (Wildman–Crippen LogP) is 5.83. The molecule has 0 spiro atoms. The van der Waals surface area contributed by atoms with E-state index in [2.05, 4.69) is 38.3 Å². The number of ketones is 1. The second kappa shape index (κ2) is 8.02. The van der Waals surface area contributed by atoms with Gasteiger partial charge < -0.3 is 9.47 Å². The molecule has 0 atom stereocenters. The molecule has 3 heterocycles. The van der Waals surface area contributed by atoms with Crippen molar-refractivity contribution in [2.24, 2.45) is 0 Å². The van der Waals surface area contributed by atoms with E-state index in [4.69, 9.17) is 9.47 Å². The summed E-state index contributed by atoms with van der Waals surface area (Å²) in [6.07, 6.45) is 2.79. The van der Waals surface area contributed by atoms with E-state index in [1.54, 1.807) is 17.4 Å². The van der Waals surface area contributed by atoms with Crippen LogP contribution < -0.4 is 9.47 Å². The molecule has 1 aromatic heterocycles. The number of carbonyl (C=O) groups excluding carboxylic acids is 1. The molecule has 30 heavy (non-hydrogen) atoms. The Balaban J connectivity index is 1.43. The van der Waals surface area contributed by atoms with Crippen molar-refractivity contribution < 1.29 is 14.3 Å². The maximum atomic E-state index is 13.1. The van der Waals surface area contributed by atoms with E-state index in [0.29, 0.717) is 30.3 Å². The first kappa shape index (κ1) is 19.5. The number of hydrogen-bond acceptors (Lipinski definition) is 5. The minimum absolute atomic E-state index is 0.0685. The fourth-order valence-electron chi connectivity index (χ4n) is 3.89. The number of aryl methyl sites for hydroxylation is 1. The maximum absolute atomic E-state index is 13.1. The van der Waals surface area contributed by atoms with Crippen molar-refractivity contribution >= 4 is 39.1 Å². The van der Waals surface area contributed by atoms with Gasteiger partial charge in [0, 0.05) is 22.4 Å². The minimum Gasteiger partial charge on any atom is -0.478 e. The van der Waals surface area contributed by atoms with Crippen LogP contribution in [0.1, 0.15) is 31.9 Å². The Kier molecular flexibility index (Phi) is 5.23. The number of Topliss-reactive ketones (excluding diaryl/α,β-unsaturated/α-hetero) is 1. The largest absolute Gasteiger partial charge is 0.478 e. The Bertz CT molecular complexity index is 1150. The molecule has 0 N–H and O–H groups in total. The lowest BCUT2D eigenvalue weighted by atomic mass is 9.98. The van der Waals surface area contributed by atoms with E-state index < -0.39 is 0 Å². The van der Waals surface area contributed by atoms with Gasteiger partial charge in [0.05, 0.1) is 11.1 Å². The Morgan fingerprint density at radius 3 is 2.93 bits per heavy atom. The molecule has 0 saturated heterocycles. The summed E-state index contributed by atoms with van der Waals surface area (Å²) in [7, 11) is 0. The van der Waals surface area contributed by atoms with E-state index in [9.17, 15) is 4.79 Å². The number of rotatable bonds is 4. The highest BCUT2D eigenvalue weighted by atomic mass is 79.9. The molecule has 2 aliphatic heterocycles. The van der Waals surface area contributed by atoms with Gasteiger partial charge in [0.2, 0.25) is 5.78 Å².